The number of thiophene rings is 1. The molecule has 2 rings (SSSR count). The fraction of sp³-hybridized carbons (Fsp3) is 0.188. The van der Waals surface area contributed by atoms with E-state index in [9.17, 15) is 4.79 Å². The third kappa shape index (κ3) is 4.25. The molecule has 0 fully saturated rings. The number of thioether (sulfide) groups is 1. The van der Waals surface area contributed by atoms with Gasteiger partial charge in [-0.25, -0.2) is 4.79 Å². The second kappa shape index (κ2) is 6.77. The van der Waals surface area contributed by atoms with Crippen molar-refractivity contribution in [2.24, 2.45) is 0 Å². The zero-order valence-corrected chi connectivity index (χ0v) is 13.1. The van der Waals surface area contributed by atoms with Crippen LogP contribution < -0.4 is 0 Å². The van der Waals surface area contributed by atoms with Crippen molar-refractivity contribution in [3.05, 3.63) is 57.3 Å². The minimum Gasteiger partial charge on any atom is -0.478 e. The number of hydrogen-bond acceptors (Lipinski definition) is 3. The van der Waals surface area contributed by atoms with Gasteiger partial charge in [-0.3, -0.25) is 0 Å². The van der Waals surface area contributed by atoms with Gasteiger partial charge in [0.15, 0.2) is 0 Å². The van der Waals surface area contributed by atoms with Crippen molar-refractivity contribution in [2.45, 2.75) is 24.5 Å². The summed E-state index contributed by atoms with van der Waals surface area (Å²) in [7, 11) is 0. The van der Waals surface area contributed by atoms with Gasteiger partial charge in [0.25, 0.3) is 0 Å². The van der Waals surface area contributed by atoms with Gasteiger partial charge >= 0.3 is 5.97 Å². The number of carboxylic acids is 1. The number of hydrogen-bond donors (Lipinski definition) is 1. The molecule has 0 unspecified atom stereocenters. The molecule has 0 saturated heterocycles. The van der Waals surface area contributed by atoms with E-state index >= 15 is 0 Å². The molecule has 0 aliphatic rings. The Morgan fingerprint density at radius 3 is 2.80 bits per heavy atom. The van der Waals surface area contributed by atoms with Gasteiger partial charge in [-0.2, -0.15) is 0 Å². The second-order valence-electron chi connectivity index (χ2n) is 4.55. The van der Waals surface area contributed by atoms with Gasteiger partial charge in [0.2, 0.25) is 0 Å². The average molecular weight is 304 g/mol. The van der Waals surface area contributed by atoms with Crippen LogP contribution in [0.15, 0.2) is 40.6 Å². The van der Waals surface area contributed by atoms with Crippen LogP contribution in [0.1, 0.15) is 21.6 Å². The van der Waals surface area contributed by atoms with E-state index in [0.717, 1.165) is 11.3 Å². The summed E-state index contributed by atoms with van der Waals surface area (Å²) in [6, 6.07) is 8.54. The van der Waals surface area contributed by atoms with E-state index in [1.54, 1.807) is 29.2 Å². The summed E-state index contributed by atoms with van der Waals surface area (Å²) in [5.74, 6) is -0.00379. The molecule has 0 spiro atoms. The summed E-state index contributed by atoms with van der Waals surface area (Å²) in [6.07, 6.45) is 2.80. The molecule has 4 heteroatoms. The minimum atomic E-state index is -0.915. The standard InChI is InChI=1S/C16H16O2S2/c1-11-3-5-14(7-12(11)2)20-10-15-8-13(9-19-15)4-6-16(17)18/h3-9H,10H2,1-2H3,(H,17,18). The SMILES string of the molecule is Cc1ccc(SCc2cc(C=CC(=O)O)cs2)cc1C. The van der Waals surface area contributed by atoms with Crippen LogP contribution in [0.5, 0.6) is 0 Å². The van der Waals surface area contributed by atoms with Crippen molar-refractivity contribution in [1.29, 1.82) is 0 Å². The van der Waals surface area contributed by atoms with Crippen LogP contribution in [0.2, 0.25) is 0 Å². The summed E-state index contributed by atoms with van der Waals surface area (Å²) in [6.45, 7) is 4.24. The Hall–Kier alpha value is -1.52. The molecular weight excluding hydrogens is 288 g/mol. The molecule has 0 radical (unpaired) electrons. The van der Waals surface area contributed by atoms with E-state index in [2.05, 4.69) is 32.0 Å². The topological polar surface area (TPSA) is 37.3 Å². The highest BCUT2D eigenvalue weighted by atomic mass is 32.2. The quantitative estimate of drug-likeness (QED) is 0.639. The van der Waals surface area contributed by atoms with Gasteiger partial charge in [-0.15, -0.1) is 23.1 Å². The monoisotopic (exact) mass is 304 g/mol. The Labute approximate surface area is 127 Å². The fourth-order valence-electron chi connectivity index (χ4n) is 1.69. The molecule has 0 bridgehead atoms. The summed E-state index contributed by atoms with van der Waals surface area (Å²) in [4.78, 5) is 13.0. The number of aliphatic carboxylic acids is 1. The van der Waals surface area contributed by atoms with Crippen LogP contribution in [-0.4, -0.2) is 11.1 Å². The van der Waals surface area contributed by atoms with Gasteiger partial charge in [0, 0.05) is 21.6 Å². The highest BCUT2D eigenvalue weighted by Gasteiger charge is 2.01. The minimum absolute atomic E-state index is 0.911. The van der Waals surface area contributed by atoms with Crippen LogP contribution in [0.25, 0.3) is 6.08 Å². The highest BCUT2D eigenvalue weighted by molar-refractivity contribution is 7.98. The lowest BCUT2D eigenvalue weighted by Gasteiger charge is -2.04. The number of benzene rings is 1. The van der Waals surface area contributed by atoms with Crippen molar-refractivity contribution in [1.82, 2.24) is 0 Å². The van der Waals surface area contributed by atoms with Gasteiger partial charge < -0.3 is 5.11 Å². The lowest BCUT2D eigenvalue weighted by molar-refractivity contribution is -0.131. The third-order valence-corrected chi connectivity index (χ3v) is 5.13. The fourth-order valence-corrected chi connectivity index (χ4v) is 3.59. The Kier molecular flexibility index (Phi) is 5.04. The number of aryl methyl sites for hydroxylation is 2. The molecule has 104 valence electrons. The van der Waals surface area contributed by atoms with Crippen molar-refractivity contribution >= 4 is 35.1 Å². The molecule has 0 aliphatic heterocycles. The largest absolute Gasteiger partial charge is 0.478 e. The van der Waals surface area contributed by atoms with Gasteiger partial charge in [0.05, 0.1) is 0 Å². The van der Waals surface area contributed by atoms with Crippen molar-refractivity contribution in [2.75, 3.05) is 0 Å². The third-order valence-electron chi connectivity index (χ3n) is 2.95. The molecular formula is C16H16O2S2. The number of rotatable bonds is 5. The molecule has 2 nitrogen and oxygen atoms in total. The summed E-state index contributed by atoms with van der Waals surface area (Å²) in [5, 5.41) is 10.6. The number of carboxylic acid groups (broad SMARTS) is 1. The zero-order valence-electron chi connectivity index (χ0n) is 11.4. The Balaban J connectivity index is 1.97. The summed E-state index contributed by atoms with van der Waals surface area (Å²) in [5.41, 5.74) is 3.57. The van der Waals surface area contributed by atoms with Gasteiger partial charge in [-0.05, 0) is 60.2 Å². The van der Waals surface area contributed by atoms with E-state index < -0.39 is 5.97 Å². The molecule has 1 aromatic heterocycles. The first-order valence-corrected chi connectivity index (χ1v) is 8.09. The Morgan fingerprint density at radius 1 is 1.30 bits per heavy atom. The van der Waals surface area contributed by atoms with Crippen molar-refractivity contribution in [3.8, 4) is 0 Å². The first-order valence-electron chi connectivity index (χ1n) is 6.23. The molecule has 1 N–H and O–H groups in total. The zero-order chi connectivity index (χ0) is 14.5. The Bertz CT molecular complexity index is 642. The maximum Gasteiger partial charge on any atom is 0.328 e. The van der Waals surface area contributed by atoms with E-state index in [0.29, 0.717) is 0 Å². The van der Waals surface area contributed by atoms with Crippen LogP contribution in [0.3, 0.4) is 0 Å². The molecule has 0 aliphatic carbocycles. The molecule has 0 saturated carbocycles. The van der Waals surface area contributed by atoms with Crippen LogP contribution in [0, 0.1) is 13.8 Å². The average Bonchev–Trinajstić information content (AvgIpc) is 2.86. The van der Waals surface area contributed by atoms with Crippen LogP contribution in [-0.2, 0) is 10.5 Å². The van der Waals surface area contributed by atoms with Crippen LogP contribution in [0.4, 0.5) is 0 Å². The van der Waals surface area contributed by atoms with Crippen LogP contribution >= 0.6 is 23.1 Å². The molecule has 20 heavy (non-hydrogen) atoms. The van der Waals surface area contributed by atoms with Crippen molar-refractivity contribution < 1.29 is 9.90 Å². The molecule has 0 amide bonds. The van der Waals surface area contributed by atoms with E-state index in [1.807, 2.05) is 11.4 Å². The maximum atomic E-state index is 10.5. The molecule has 1 heterocycles. The maximum absolute atomic E-state index is 10.5. The van der Waals surface area contributed by atoms with Crippen molar-refractivity contribution in [3.63, 3.8) is 0 Å². The molecule has 2 aromatic rings. The van der Waals surface area contributed by atoms with E-state index in [4.69, 9.17) is 5.11 Å². The smallest absolute Gasteiger partial charge is 0.328 e. The highest BCUT2D eigenvalue weighted by Crippen LogP contribution is 2.28. The lowest BCUT2D eigenvalue weighted by Crippen LogP contribution is -1.84. The molecule has 0 atom stereocenters. The predicted octanol–water partition coefficient (Wildman–Crippen LogP) is 4.76. The lowest BCUT2D eigenvalue weighted by atomic mass is 10.1. The summed E-state index contributed by atoms with van der Waals surface area (Å²) < 4.78 is 0. The predicted molar refractivity (Wildman–Crippen MR) is 86.5 cm³/mol. The van der Waals surface area contributed by atoms with E-state index in [1.165, 1.54) is 27.0 Å². The van der Waals surface area contributed by atoms with Gasteiger partial charge in [-0.1, -0.05) is 6.07 Å². The summed E-state index contributed by atoms with van der Waals surface area (Å²) >= 11 is 3.47. The first kappa shape index (κ1) is 14.9. The number of carbonyl (C=O) groups is 1. The normalized spacial score (nSPS) is 11.1. The second-order valence-corrected chi connectivity index (χ2v) is 6.60. The first-order chi connectivity index (χ1) is 9.54. The van der Waals surface area contributed by atoms with Gasteiger partial charge in [0.1, 0.15) is 0 Å². The molecule has 1 aromatic carbocycles. The van der Waals surface area contributed by atoms with E-state index in [-0.39, 0.29) is 0 Å². The Morgan fingerprint density at radius 2 is 2.10 bits per heavy atom.